The summed E-state index contributed by atoms with van der Waals surface area (Å²) in [6, 6.07) is 16.0. The third-order valence-corrected chi connectivity index (χ3v) is 6.80. The third-order valence-electron chi connectivity index (χ3n) is 5.07. The number of rotatable bonds is 9. The molecule has 9 nitrogen and oxygen atoms in total. The summed E-state index contributed by atoms with van der Waals surface area (Å²) in [5.41, 5.74) is 0.997. The average molecular weight is 504 g/mol. The van der Waals surface area contributed by atoms with Crippen LogP contribution in [0, 0.1) is 17.0 Å². The van der Waals surface area contributed by atoms with E-state index in [4.69, 9.17) is 16.3 Å². The first-order valence-electron chi connectivity index (χ1n) is 10.1. The van der Waals surface area contributed by atoms with E-state index < -0.39 is 26.9 Å². The smallest absolute Gasteiger partial charge is 0.274 e. The van der Waals surface area contributed by atoms with Gasteiger partial charge in [0.15, 0.2) is 0 Å². The van der Waals surface area contributed by atoms with E-state index in [1.165, 1.54) is 50.4 Å². The molecule has 2 N–H and O–H groups in total. The van der Waals surface area contributed by atoms with Crippen molar-refractivity contribution in [3.8, 4) is 5.75 Å². The van der Waals surface area contributed by atoms with Crippen LogP contribution in [0.2, 0.25) is 5.02 Å². The molecular weight excluding hydrogens is 482 g/mol. The van der Waals surface area contributed by atoms with Crippen molar-refractivity contribution in [1.82, 2.24) is 4.72 Å². The highest BCUT2D eigenvalue weighted by Crippen LogP contribution is 2.28. The van der Waals surface area contributed by atoms with Crippen LogP contribution in [-0.2, 0) is 21.2 Å². The molecule has 0 aliphatic heterocycles. The van der Waals surface area contributed by atoms with Crippen molar-refractivity contribution in [2.75, 3.05) is 12.4 Å². The minimum Gasteiger partial charge on any atom is -0.495 e. The molecule has 0 fully saturated rings. The van der Waals surface area contributed by atoms with E-state index >= 15 is 0 Å². The van der Waals surface area contributed by atoms with Crippen molar-refractivity contribution in [2.24, 2.45) is 0 Å². The van der Waals surface area contributed by atoms with Gasteiger partial charge < -0.3 is 10.1 Å². The Labute approximate surface area is 201 Å². The van der Waals surface area contributed by atoms with Gasteiger partial charge in [0.1, 0.15) is 16.7 Å². The summed E-state index contributed by atoms with van der Waals surface area (Å²) in [4.78, 5) is 23.7. The highest BCUT2D eigenvalue weighted by atomic mass is 35.5. The van der Waals surface area contributed by atoms with Crippen LogP contribution >= 0.6 is 11.6 Å². The number of benzene rings is 3. The molecule has 0 heterocycles. The van der Waals surface area contributed by atoms with E-state index in [1.807, 2.05) is 0 Å². The number of amides is 1. The van der Waals surface area contributed by atoms with Crippen molar-refractivity contribution in [2.45, 2.75) is 24.3 Å². The summed E-state index contributed by atoms with van der Waals surface area (Å²) in [5, 5.41) is 14.0. The van der Waals surface area contributed by atoms with Crippen LogP contribution in [-0.4, -0.2) is 32.4 Å². The Morgan fingerprint density at radius 3 is 2.47 bits per heavy atom. The van der Waals surface area contributed by atoms with Gasteiger partial charge in [0.05, 0.1) is 23.3 Å². The van der Waals surface area contributed by atoms with Crippen molar-refractivity contribution >= 4 is 38.9 Å². The lowest BCUT2D eigenvalue weighted by molar-refractivity contribution is -0.385. The zero-order valence-corrected chi connectivity index (χ0v) is 19.9. The van der Waals surface area contributed by atoms with Crippen LogP contribution in [0.25, 0.3) is 0 Å². The number of hydrogen-bond acceptors (Lipinski definition) is 6. The van der Waals surface area contributed by atoms with Crippen molar-refractivity contribution in [3.05, 3.63) is 93.0 Å². The van der Waals surface area contributed by atoms with E-state index in [0.717, 1.165) is 0 Å². The summed E-state index contributed by atoms with van der Waals surface area (Å²) in [7, 11) is -2.92. The number of halogens is 1. The number of nitro groups is 1. The number of carbonyl (C=O) groups is 1. The summed E-state index contributed by atoms with van der Waals surface area (Å²) in [5.74, 6) is -0.623. The van der Waals surface area contributed by atoms with Crippen LogP contribution in [0.5, 0.6) is 5.75 Å². The van der Waals surface area contributed by atoms with Crippen LogP contribution in [0.4, 0.5) is 11.4 Å². The first-order chi connectivity index (χ1) is 16.1. The lowest BCUT2D eigenvalue weighted by Crippen LogP contribution is -2.45. The number of ether oxygens (including phenoxy) is 1. The zero-order chi connectivity index (χ0) is 24.9. The van der Waals surface area contributed by atoms with Gasteiger partial charge in [-0.1, -0.05) is 48.0 Å². The van der Waals surface area contributed by atoms with Gasteiger partial charge in [0.25, 0.3) is 5.69 Å². The maximum Gasteiger partial charge on any atom is 0.274 e. The second kappa shape index (κ2) is 10.6. The quantitative estimate of drug-likeness (QED) is 0.334. The van der Waals surface area contributed by atoms with E-state index in [9.17, 15) is 23.3 Å². The fourth-order valence-corrected chi connectivity index (χ4v) is 4.95. The number of methoxy groups -OCH3 is 1. The molecule has 3 aromatic carbocycles. The molecule has 0 unspecified atom stereocenters. The van der Waals surface area contributed by atoms with Gasteiger partial charge in [0, 0.05) is 11.1 Å². The van der Waals surface area contributed by atoms with E-state index in [0.29, 0.717) is 5.56 Å². The maximum atomic E-state index is 13.2. The van der Waals surface area contributed by atoms with Crippen molar-refractivity contribution in [1.29, 1.82) is 0 Å². The van der Waals surface area contributed by atoms with Crippen LogP contribution in [0.1, 0.15) is 11.1 Å². The van der Waals surface area contributed by atoms with E-state index in [2.05, 4.69) is 10.0 Å². The molecule has 1 atom stereocenters. The fourth-order valence-electron chi connectivity index (χ4n) is 3.33. The minimum absolute atomic E-state index is 0.0305. The predicted molar refractivity (Wildman–Crippen MR) is 129 cm³/mol. The number of hydrogen-bond donors (Lipinski definition) is 2. The first kappa shape index (κ1) is 25.2. The summed E-state index contributed by atoms with van der Waals surface area (Å²) >= 11 is 5.99. The number of sulfonamides is 1. The molecule has 0 spiro atoms. The van der Waals surface area contributed by atoms with Crippen LogP contribution < -0.4 is 14.8 Å². The zero-order valence-electron chi connectivity index (χ0n) is 18.3. The molecule has 34 heavy (non-hydrogen) atoms. The van der Waals surface area contributed by atoms with Gasteiger partial charge in [-0.15, -0.1) is 0 Å². The maximum absolute atomic E-state index is 13.2. The molecule has 178 valence electrons. The molecular formula is C23H22ClN3O6S. The molecule has 0 aromatic heterocycles. The Morgan fingerprint density at radius 2 is 1.82 bits per heavy atom. The summed E-state index contributed by atoms with van der Waals surface area (Å²) in [6.45, 7) is 1.50. The number of nitrogens with one attached hydrogen (secondary N) is 2. The van der Waals surface area contributed by atoms with Crippen molar-refractivity contribution < 1.29 is 22.9 Å². The SMILES string of the molecule is COc1ccc(Cl)cc1S(=O)(=O)N[C@H](Cc1ccccc1)C(=O)Nc1cccc([N+](=O)[O-])c1C. The standard InChI is InChI=1S/C23H22ClN3O6S/c1-15-18(9-6-10-20(15)27(29)30)25-23(28)19(13-16-7-4-3-5-8-16)26-34(31,32)22-14-17(24)11-12-21(22)33-2/h3-12,14,19,26H,13H2,1-2H3,(H,25,28)/t19-/m1/s1. The Balaban J connectivity index is 1.96. The van der Waals surface area contributed by atoms with Gasteiger partial charge in [-0.25, -0.2) is 8.42 Å². The number of nitro benzene ring substituents is 1. The van der Waals surface area contributed by atoms with Crippen LogP contribution in [0.3, 0.4) is 0 Å². The van der Waals surface area contributed by atoms with Gasteiger partial charge in [0.2, 0.25) is 15.9 Å². The molecule has 0 radical (unpaired) electrons. The van der Waals surface area contributed by atoms with E-state index in [1.54, 1.807) is 30.3 Å². The topological polar surface area (TPSA) is 128 Å². The second-order valence-corrected chi connectivity index (χ2v) is 9.47. The lowest BCUT2D eigenvalue weighted by atomic mass is 10.1. The summed E-state index contributed by atoms with van der Waals surface area (Å²) < 4.78 is 34.0. The van der Waals surface area contributed by atoms with Crippen molar-refractivity contribution in [3.63, 3.8) is 0 Å². The number of nitrogens with zero attached hydrogens (tertiary/aromatic N) is 1. The van der Waals surface area contributed by atoms with Crippen LogP contribution in [0.15, 0.2) is 71.6 Å². The highest BCUT2D eigenvalue weighted by Gasteiger charge is 2.29. The molecule has 3 rings (SSSR count). The van der Waals surface area contributed by atoms with Gasteiger partial charge in [-0.3, -0.25) is 14.9 Å². The Bertz CT molecular complexity index is 1320. The van der Waals surface area contributed by atoms with Gasteiger partial charge >= 0.3 is 0 Å². The highest BCUT2D eigenvalue weighted by molar-refractivity contribution is 7.89. The first-order valence-corrected chi connectivity index (χ1v) is 11.9. The fraction of sp³-hybridized carbons (Fsp3) is 0.174. The molecule has 11 heteroatoms. The molecule has 3 aromatic rings. The Kier molecular flexibility index (Phi) is 7.87. The largest absolute Gasteiger partial charge is 0.495 e. The Hall–Kier alpha value is -3.47. The molecule has 0 bridgehead atoms. The monoisotopic (exact) mass is 503 g/mol. The normalized spacial score (nSPS) is 12.1. The average Bonchev–Trinajstić information content (AvgIpc) is 2.80. The molecule has 0 aliphatic carbocycles. The molecule has 0 aliphatic rings. The molecule has 0 saturated carbocycles. The Morgan fingerprint density at radius 1 is 1.12 bits per heavy atom. The van der Waals surface area contributed by atoms with Gasteiger partial charge in [-0.2, -0.15) is 4.72 Å². The number of carbonyl (C=O) groups excluding carboxylic acids is 1. The third kappa shape index (κ3) is 5.90. The minimum atomic E-state index is -4.24. The molecule has 1 amide bonds. The number of anilines is 1. The molecule has 0 saturated heterocycles. The lowest BCUT2D eigenvalue weighted by Gasteiger charge is -2.20. The summed E-state index contributed by atoms with van der Waals surface area (Å²) in [6.07, 6.45) is 0.0305. The second-order valence-electron chi connectivity index (χ2n) is 7.35. The van der Waals surface area contributed by atoms with Gasteiger partial charge in [-0.05, 0) is 43.2 Å². The predicted octanol–water partition coefficient (Wildman–Crippen LogP) is 4.09. The van der Waals surface area contributed by atoms with E-state index in [-0.39, 0.29) is 39.0 Å².